The number of aliphatic hydroxyl groups is 1. The number of ketones is 1. The molecule has 5 nitrogen and oxygen atoms in total. The lowest BCUT2D eigenvalue weighted by Gasteiger charge is -2.25. The van der Waals surface area contributed by atoms with Crippen LogP contribution in [0.1, 0.15) is 30.5 Å². The molecule has 3 rings (SSSR count). The van der Waals surface area contributed by atoms with Gasteiger partial charge < -0.3 is 14.7 Å². The normalized spacial score (nSPS) is 18.3. The van der Waals surface area contributed by atoms with E-state index in [1.165, 1.54) is 4.90 Å². The Hall–Kier alpha value is -3.34. The summed E-state index contributed by atoms with van der Waals surface area (Å²) >= 11 is 0. The zero-order chi connectivity index (χ0) is 20.1. The molecule has 1 saturated heterocycles. The van der Waals surface area contributed by atoms with Crippen LogP contribution in [0.4, 0.5) is 0 Å². The van der Waals surface area contributed by atoms with E-state index in [0.29, 0.717) is 36.4 Å². The van der Waals surface area contributed by atoms with E-state index in [-0.39, 0.29) is 11.3 Å². The molecule has 2 aromatic carbocycles. The van der Waals surface area contributed by atoms with Crippen molar-refractivity contribution in [2.45, 2.75) is 19.4 Å². The van der Waals surface area contributed by atoms with Gasteiger partial charge in [-0.25, -0.2) is 0 Å². The average molecular weight is 377 g/mol. The highest BCUT2D eigenvalue weighted by molar-refractivity contribution is 6.46. The van der Waals surface area contributed by atoms with Crippen molar-refractivity contribution in [2.24, 2.45) is 0 Å². The molecule has 1 fully saturated rings. The Labute approximate surface area is 164 Å². The van der Waals surface area contributed by atoms with Gasteiger partial charge in [0.05, 0.1) is 11.6 Å². The van der Waals surface area contributed by atoms with E-state index in [2.05, 4.69) is 6.58 Å². The molecule has 144 valence electrons. The van der Waals surface area contributed by atoms with Crippen molar-refractivity contribution in [3.05, 3.63) is 84.0 Å². The number of carbonyl (C=O) groups is 2. The fourth-order valence-corrected chi connectivity index (χ4v) is 3.38. The van der Waals surface area contributed by atoms with Gasteiger partial charge in [0.2, 0.25) is 0 Å². The van der Waals surface area contributed by atoms with Crippen LogP contribution in [0.15, 0.2) is 72.8 Å². The number of ether oxygens (including phenoxy) is 1. The Morgan fingerprint density at radius 2 is 1.93 bits per heavy atom. The molecule has 1 atom stereocenters. The molecular weight excluding hydrogens is 354 g/mol. The zero-order valence-electron chi connectivity index (χ0n) is 15.8. The smallest absolute Gasteiger partial charge is 0.295 e. The predicted octanol–water partition coefficient (Wildman–Crippen LogP) is 4.08. The first-order valence-corrected chi connectivity index (χ1v) is 9.26. The molecule has 1 N–H and O–H groups in total. The highest BCUT2D eigenvalue weighted by Crippen LogP contribution is 2.40. The Bertz CT molecular complexity index is 917. The van der Waals surface area contributed by atoms with E-state index in [0.717, 1.165) is 0 Å². The molecule has 0 aliphatic carbocycles. The average Bonchev–Trinajstić information content (AvgIpc) is 2.98. The van der Waals surface area contributed by atoms with Gasteiger partial charge in [-0.3, -0.25) is 9.59 Å². The van der Waals surface area contributed by atoms with Crippen molar-refractivity contribution in [2.75, 3.05) is 13.2 Å². The summed E-state index contributed by atoms with van der Waals surface area (Å²) in [6.45, 7) is 6.34. The summed E-state index contributed by atoms with van der Waals surface area (Å²) in [7, 11) is 0. The van der Waals surface area contributed by atoms with Crippen LogP contribution in [0, 0.1) is 0 Å². The fourth-order valence-electron chi connectivity index (χ4n) is 3.38. The third-order valence-electron chi connectivity index (χ3n) is 4.59. The largest absolute Gasteiger partial charge is 0.507 e. The quantitative estimate of drug-likeness (QED) is 0.342. The summed E-state index contributed by atoms with van der Waals surface area (Å²) in [6.07, 6.45) is 2.34. The van der Waals surface area contributed by atoms with Crippen LogP contribution in [-0.4, -0.2) is 34.8 Å². The summed E-state index contributed by atoms with van der Waals surface area (Å²) in [4.78, 5) is 27.0. The van der Waals surface area contributed by atoms with Gasteiger partial charge in [0, 0.05) is 12.1 Å². The molecule has 5 heteroatoms. The lowest BCUT2D eigenvalue weighted by Crippen LogP contribution is -2.30. The first kappa shape index (κ1) is 19.4. The third kappa shape index (κ3) is 3.69. The highest BCUT2D eigenvalue weighted by atomic mass is 16.5. The molecular formula is C23H23NO4. The topological polar surface area (TPSA) is 66.8 Å². The molecule has 0 radical (unpaired) electrons. The number of nitrogens with zero attached hydrogens (tertiary/aromatic N) is 1. The van der Waals surface area contributed by atoms with Crippen LogP contribution in [0.5, 0.6) is 5.75 Å². The second-order valence-electron chi connectivity index (χ2n) is 6.53. The number of carbonyl (C=O) groups excluding carboxylic acids is 2. The van der Waals surface area contributed by atoms with Gasteiger partial charge in [-0.15, -0.1) is 0 Å². The number of amides is 1. The maximum atomic E-state index is 12.8. The van der Waals surface area contributed by atoms with Gasteiger partial charge in [-0.2, -0.15) is 0 Å². The number of hydrogen-bond acceptors (Lipinski definition) is 4. The molecule has 1 aliphatic heterocycles. The van der Waals surface area contributed by atoms with Gasteiger partial charge in [-0.05, 0) is 24.1 Å². The first-order valence-electron chi connectivity index (χ1n) is 9.26. The van der Waals surface area contributed by atoms with Crippen molar-refractivity contribution in [1.29, 1.82) is 0 Å². The van der Waals surface area contributed by atoms with Crippen LogP contribution >= 0.6 is 0 Å². The van der Waals surface area contributed by atoms with Crippen molar-refractivity contribution in [3.8, 4) is 5.75 Å². The molecule has 1 aliphatic rings. The Morgan fingerprint density at radius 1 is 1.18 bits per heavy atom. The van der Waals surface area contributed by atoms with E-state index in [1.54, 1.807) is 42.5 Å². The molecule has 0 aromatic heterocycles. The summed E-state index contributed by atoms with van der Waals surface area (Å²) in [5, 5.41) is 10.9. The number of rotatable bonds is 7. The zero-order valence-corrected chi connectivity index (χ0v) is 15.8. The first-order chi connectivity index (χ1) is 13.6. The maximum absolute atomic E-state index is 12.8. The Morgan fingerprint density at radius 3 is 2.61 bits per heavy atom. The van der Waals surface area contributed by atoms with Gasteiger partial charge in [0.25, 0.3) is 11.7 Å². The molecule has 0 spiro atoms. The molecule has 1 amide bonds. The van der Waals surface area contributed by atoms with Crippen LogP contribution in [0.3, 0.4) is 0 Å². The highest BCUT2D eigenvalue weighted by Gasteiger charge is 2.45. The van der Waals surface area contributed by atoms with Crippen LogP contribution in [0.2, 0.25) is 0 Å². The minimum absolute atomic E-state index is 0.102. The van der Waals surface area contributed by atoms with Crippen LogP contribution in [0.25, 0.3) is 5.76 Å². The number of Topliss-reactive ketones (excluding diaryl/α,β-unsaturated/α-hetero) is 1. The van der Waals surface area contributed by atoms with Crippen molar-refractivity contribution in [3.63, 3.8) is 0 Å². The predicted molar refractivity (Wildman–Crippen MR) is 108 cm³/mol. The molecule has 1 unspecified atom stereocenters. The molecule has 1 heterocycles. The molecule has 28 heavy (non-hydrogen) atoms. The van der Waals surface area contributed by atoms with E-state index < -0.39 is 17.7 Å². The lowest BCUT2D eigenvalue weighted by atomic mass is 9.95. The number of benzene rings is 2. The van der Waals surface area contributed by atoms with Crippen LogP contribution in [-0.2, 0) is 9.59 Å². The van der Waals surface area contributed by atoms with Gasteiger partial charge in [0.15, 0.2) is 0 Å². The van der Waals surface area contributed by atoms with Crippen molar-refractivity contribution < 1.29 is 19.4 Å². The van der Waals surface area contributed by atoms with Crippen LogP contribution < -0.4 is 4.74 Å². The Kier molecular flexibility index (Phi) is 5.94. The minimum Gasteiger partial charge on any atom is -0.507 e. The van der Waals surface area contributed by atoms with E-state index in [9.17, 15) is 14.7 Å². The molecule has 0 saturated carbocycles. The van der Waals surface area contributed by atoms with Crippen molar-refractivity contribution >= 4 is 17.4 Å². The van der Waals surface area contributed by atoms with E-state index >= 15 is 0 Å². The van der Waals surface area contributed by atoms with Crippen molar-refractivity contribution in [1.82, 2.24) is 4.90 Å². The SMILES string of the molecule is C=CCOc1cccc(C2/C(=C(/O)c3ccccc3)C(=O)C(=O)N2CCC)c1. The number of aliphatic hydroxyl groups excluding tert-OH is 1. The molecule has 2 aromatic rings. The summed E-state index contributed by atoms with van der Waals surface area (Å²) in [6, 6.07) is 15.4. The van der Waals surface area contributed by atoms with Gasteiger partial charge in [0.1, 0.15) is 18.1 Å². The van der Waals surface area contributed by atoms with Gasteiger partial charge >= 0.3 is 0 Å². The summed E-state index contributed by atoms with van der Waals surface area (Å²) in [5.41, 5.74) is 1.32. The third-order valence-corrected chi connectivity index (χ3v) is 4.59. The van der Waals surface area contributed by atoms with Gasteiger partial charge in [-0.1, -0.05) is 62.0 Å². The second-order valence-corrected chi connectivity index (χ2v) is 6.53. The van der Waals surface area contributed by atoms with E-state index in [1.807, 2.05) is 25.1 Å². The number of hydrogen-bond donors (Lipinski definition) is 1. The maximum Gasteiger partial charge on any atom is 0.295 e. The summed E-state index contributed by atoms with van der Waals surface area (Å²) in [5.74, 6) is -0.821. The standard InChI is InChI=1S/C23H23NO4/c1-3-13-24-20(17-11-8-12-18(15-17)28-14-4-2)19(22(26)23(24)27)21(25)16-9-6-5-7-10-16/h4-12,15,20,25H,2-3,13-14H2,1H3/b21-19-. The Balaban J connectivity index is 2.13. The second kappa shape index (κ2) is 8.57. The fraction of sp³-hybridized carbons (Fsp3) is 0.217. The van der Waals surface area contributed by atoms with E-state index in [4.69, 9.17) is 4.74 Å². The minimum atomic E-state index is -0.669. The number of likely N-dealkylation sites (tertiary alicyclic amines) is 1. The monoisotopic (exact) mass is 377 g/mol. The lowest BCUT2D eigenvalue weighted by molar-refractivity contribution is -0.139. The molecule has 0 bridgehead atoms. The summed E-state index contributed by atoms with van der Waals surface area (Å²) < 4.78 is 5.60.